The zero-order chi connectivity index (χ0) is 13.8. The van der Waals surface area contributed by atoms with Gasteiger partial charge in [0.05, 0.1) is 0 Å². The monoisotopic (exact) mass is 285 g/mol. The van der Waals surface area contributed by atoms with Gasteiger partial charge < -0.3 is 5.32 Å². The first-order valence-corrected chi connectivity index (χ1v) is 8.57. The van der Waals surface area contributed by atoms with Crippen LogP contribution in [0.4, 0.5) is 0 Å². The van der Waals surface area contributed by atoms with Gasteiger partial charge in [-0.3, -0.25) is 0 Å². The summed E-state index contributed by atoms with van der Waals surface area (Å²) in [7, 11) is 0. The van der Waals surface area contributed by atoms with Crippen molar-refractivity contribution >= 4 is 11.3 Å². The van der Waals surface area contributed by atoms with Crippen molar-refractivity contribution in [1.82, 2.24) is 5.32 Å². The predicted molar refractivity (Wildman–Crippen MR) is 87.0 cm³/mol. The molecule has 1 nitrogen and oxygen atoms in total. The van der Waals surface area contributed by atoms with Crippen LogP contribution in [0, 0.1) is 5.92 Å². The van der Waals surface area contributed by atoms with E-state index in [0.29, 0.717) is 12.1 Å². The number of nitrogens with one attached hydrogen (secondary N) is 1. The fourth-order valence-corrected chi connectivity index (χ4v) is 4.20. The van der Waals surface area contributed by atoms with Gasteiger partial charge in [0, 0.05) is 17.0 Å². The van der Waals surface area contributed by atoms with Gasteiger partial charge >= 0.3 is 0 Å². The van der Waals surface area contributed by atoms with Crippen LogP contribution >= 0.6 is 11.3 Å². The molecule has 0 spiro atoms. The first-order valence-electron chi connectivity index (χ1n) is 7.69. The molecule has 1 fully saturated rings. The van der Waals surface area contributed by atoms with Crippen molar-refractivity contribution in [2.45, 2.75) is 44.7 Å². The average molecular weight is 285 g/mol. The van der Waals surface area contributed by atoms with E-state index in [1.54, 1.807) is 0 Å². The summed E-state index contributed by atoms with van der Waals surface area (Å²) < 4.78 is 0. The van der Waals surface area contributed by atoms with Crippen molar-refractivity contribution in [1.29, 1.82) is 0 Å². The lowest BCUT2D eigenvalue weighted by molar-refractivity contribution is 0.343. The normalized spacial score (nSPS) is 19.1. The first-order chi connectivity index (χ1) is 9.84. The summed E-state index contributed by atoms with van der Waals surface area (Å²) in [5.74, 6) is 0.805. The van der Waals surface area contributed by atoms with Crippen LogP contribution in [0.3, 0.4) is 0 Å². The summed E-state index contributed by atoms with van der Waals surface area (Å²) in [5, 5.41) is 6.09. The van der Waals surface area contributed by atoms with E-state index >= 15 is 0 Å². The fourth-order valence-electron chi connectivity index (χ4n) is 3.32. The number of rotatable bonds is 5. The number of thiophene rings is 1. The van der Waals surface area contributed by atoms with Gasteiger partial charge in [0.1, 0.15) is 0 Å². The van der Waals surface area contributed by atoms with E-state index in [2.05, 4.69) is 60.1 Å². The Labute approximate surface area is 126 Å². The van der Waals surface area contributed by atoms with Crippen LogP contribution in [0.1, 0.15) is 55.1 Å². The Morgan fingerprint density at radius 2 is 1.80 bits per heavy atom. The highest BCUT2D eigenvalue weighted by Crippen LogP contribution is 2.38. The summed E-state index contributed by atoms with van der Waals surface area (Å²) in [5.41, 5.74) is 1.38. The van der Waals surface area contributed by atoms with Gasteiger partial charge in [-0.15, -0.1) is 11.3 Å². The maximum atomic E-state index is 3.89. The Balaban J connectivity index is 1.76. The molecule has 1 heterocycles. The second kappa shape index (κ2) is 6.55. The van der Waals surface area contributed by atoms with Gasteiger partial charge in [-0.2, -0.15) is 0 Å². The predicted octanol–water partition coefficient (Wildman–Crippen LogP) is 5.33. The molecular weight excluding hydrogens is 262 g/mol. The molecule has 0 radical (unpaired) electrons. The second-order valence-corrected chi connectivity index (χ2v) is 6.82. The van der Waals surface area contributed by atoms with Crippen molar-refractivity contribution in [2.75, 3.05) is 0 Å². The van der Waals surface area contributed by atoms with Gasteiger partial charge in [0.2, 0.25) is 0 Å². The molecule has 1 aromatic heterocycles. The first kappa shape index (κ1) is 13.8. The molecule has 0 amide bonds. The van der Waals surface area contributed by atoms with Crippen molar-refractivity contribution in [3.63, 3.8) is 0 Å². The molecule has 0 aliphatic heterocycles. The second-order valence-electron chi connectivity index (χ2n) is 5.84. The summed E-state index contributed by atoms with van der Waals surface area (Å²) in [4.78, 5) is 1.50. The fraction of sp³-hybridized carbons (Fsp3) is 0.444. The summed E-state index contributed by atoms with van der Waals surface area (Å²) in [6.45, 7) is 2.28. The van der Waals surface area contributed by atoms with Crippen molar-refractivity contribution in [3.05, 3.63) is 58.3 Å². The van der Waals surface area contributed by atoms with Crippen molar-refractivity contribution < 1.29 is 0 Å². The highest BCUT2D eigenvalue weighted by molar-refractivity contribution is 7.10. The molecule has 1 N–H and O–H groups in total. The van der Waals surface area contributed by atoms with E-state index in [-0.39, 0.29) is 0 Å². The molecule has 1 saturated carbocycles. The third kappa shape index (κ3) is 3.13. The zero-order valence-electron chi connectivity index (χ0n) is 12.1. The molecule has 2 heteroatoms. The van der Waals surface area contributed by atoms with Gasteiger partial charge in [-0.25, -0.2) is 0 Å². The highest BCUT2D eigenvalue weighted by atomic mass is 32.1. The minimum Gasteiger partial charge on any atom is -0.302 e. The van der Waals surface area contributed by atoms with Crippen LogP contribution < -0.4 is 5.32 Å². The van der Waals surface area contributed by atoms with Gasteiger partial charge in [0.25, 0.3) is 0 Å². The minimum absolute atomic E-state index is 0.406. The maximum Gasteiger partial charge on any atom is 0.0448 e. The van der Waals surface area contributed by atoms with Crippen LogP contribution in [0.2, 0.25) is 0 Å². The molecule has 1 aliphatic rings. The molecule has 0 bridgehead atoms. The number of benzene rings is 1. The Hall–Kier alpha value is -1.12. The Morgan fingerprint density at radius 3 is 2.45 bits per heavy atom. The summed E-state index contributed by atoms with van der Waals surface area (Å²) in [6, 6.07) is 16.2. The smallest absolute Gasteiger partial charge is 0.0448 e. The number of hydrogen-bond acceptors (Lipinski definition) is 2. The SMILES string of the molecule is C[C@H](NC(c1cccs1)C1CCCC1)c1ccccc1. The molecule has 1 aromatic carbocycles. The highest BCUT2D eigenvalue weighted by Gasteiger charge is 2.28. The van der Waals surface area contributed by atoms with Crippen LogP contribution in [0.5, 0.6) is 0 Å². The standard InChI is InChI=1S/C18H23NS/c1-14(15-8-3-2-4-9-15)19-18(16-10-5-6-11-16)17-12-7-13-20-17/h2-4,7-9,12-14,16,18-19H,5-6,10-11H2,1H3/t14-,18?/m0/s1. The van der Waals surface area contributed by atoms with E-state index in [4.69, 9.17) is 0 Å². The van der Waals surface area contributed by atoms with Crippen LogP contribution in [-0.2, 0) is 0 Å². The van der Waals surface area contributed by atoms with Crippen LogP contribution in [-0.4, -0.2) is 0 Å². The zero-order valence-corrected chi connectivity index (χ0v) is 12.9. The molecule has 2 aromatic rings. The molecule has 106 valence electrons. The van der Waals surface area contributed by atoms with Crippen LogP contribution in [0.25, 0.3) is 0 Å². The average Bonchev–Trinajstić information content (AvgIpc) is 3.19. The van der Waals surface area contributed by atoms with Crippen molar-refractivity contribution in [2.24, 2.45) is 5.92 Å². The number of hydrogen-bond donors (Lipinski definition) is 1. The van der Waals surface area contributed by atoms with E-state index in [9.17, 15) is 0 Å². The molecular formula is C18H23NS. The molecule has 3 rings (SSSR count). The van der Waals surface area contributed by atoms with E-state index in [0.717, 1.165) is 5.92 Å². The third-order valence-electron chi connectivity index (χ3n) is 4.45. The lowest BCUT2D eigenvalue weighted by atomic mass is 9.95. The largest absolute Gasteiger partial charge is 0.302 e. The van der Waals surface area contributed by atoms with Gasteiger partial charge in [-0.1, -0.05) is 49.2 Å². The minimum atomic E-state index is 0.406. The Bertz CT molecular complexity index is 499. The maximum absolute atomic E-state index is 3.89. The summed E-state index contributed by atoms with van der Waals surface area (Å²) in [6.07, 6.45) is 5.54. The molecule has 0 saturated heterocycles. The van der Waals surface area contributed by atoms with E-state index in [1.165, 1.54) is 36.1 Å². The van der Waals surface area contributed by atoms with Crippen molar-refractivity contribution in [3.8, 4) is 0 Å². The van der Waals surface area contributed by atoms with Gasteiger partial charge in [-0.05, 0) is 42.7 Å². The molecule has 20 heavy (non-hydrogen) atoms. The summed E-state index contributed by atoms with van der Waals surface area (Å²) >= 11 is 1.89. The quantitative estimate of drug-likeness (QED) is 0.783. The van der Waals surface area contributed by atoms with E-state index in [1.807, 2.05) is 11.3 Å². The van der Waals surface area contributed by atoms with Gasteiger partial charge in [0.15, 0.2) is 0 Å². The molecule has 2 atom stereocenters. The topological polar surface area (TPSA) is 12.0 Å². The van der Waals surface area contributed by atoms with E-state index < -0.39 is 0 Å². The third-order valence-corrected chi connectivity index (χ3v) is 5.41. The lowest BCUT2D eigenvalue weighted by Crippen LogP contribution is -2.29. The Morgan fingerprint density at radius 1 is 1.05 bits per heavy atom. The molecule has 1 aliphatic carbocycles. The Kier molecular flexibility index (Phi) is 4.54. The molecule has 1 unspecified atom stereocenters. The van der Waals surface area contributed by atoms with Crippen LogP contribution in [0.15, 0.2) is 47.8 Å². The lowest BCUT2D eigenvalue weighted by Gasteiger charge is -2.28.